The largest absolute Gasteiger partial charge is 0.310 e. The van der Waals surface area contributed by atoms with Crippen LogP contribution in [0.4, 0.5) is 4.39 Å². The first-order chi connectivity index (χ1) is 8.40. The van der Waals surface area contributed by atoms with Crippen LogP contribution in [0, 0.1) is 11.7 Å². The normalized spacial score (nSPS) is 13.3. The van der Waals surface area contributed by atoms with Crippen LogP contribution in [-0.2, 0) is 6.54 Å². The van der Waals surface area contributed by atoms with Gasteiger partial charge in [-0.3, -0.25) is 0 Å². The zero-order valence-corrected chi connectivity index (χ0v) is 12.8. The van der Waals surface area contributed by atoms with Gasteiger partial charge in [-0.25, -0.2) is 4.39 Å². The molecule has 0 radical (unpaired) electrons. The quantitative estimate of drug-likeness (QED) is 0.765. The maximum atomic E-state index is 13.3. The minimum absolute atomic E-state index is 0.155. The Morgan fingerprint density at radius 3 is 2.39 bits per heavy atom. The van der Waals surface area contributed by atoms with Crippen molar-refractivity contribution in [3.8, 4) is 0 Å². The first-order valence-electron chi connectivity index (χ1n) is 6.58. The number of hydrogen-bond acceptors (Lipinski definition) is 2. The van der Waals surface area contributed by atoms with Gasteiger partial charge in [-0.15, -0.1) is 11.8 Å². The van der Waals surface area contributed by atoms with E-state index in [0.29, 0.717) is 17.2 Å². The van der Waals surface area contributed by atoms with Crippen LogP contribution in [0.25, 0.3) is 0 Å². The summed E-state index contributed by atoms with van der Waals surface area (Å²) in [5, 5.41) is 3.89. The van der Waals surface area contributed by atoms with Gasteiger partial charge >= 0.3 is 0 Å². The average Bonchev–Trinajstić information content (AvgIpc) is 2.29. The molecule has 1 rings (SSSR count). The third-order valence-corrected chi connectivity index (χ3v) is 4.54. The van der Waals surface area contributed by atoms with E-state index in [1.807, 2.05) is 17.8 Å². The first-order valence-corrected chi connectivity index (χ1v) is 7.46. The van der Waals surface area contributed by atoms with Gasteiger partial charge in [0.15, 0.2) is 0 Å². The van der Waals surface area contributed by atoms with Crippen molar-refractivity contribution in [1.82, 2.24) is 5.32 Å². The topological polar surface area (TPSA) is 12.0 Å². The molecule has 0 fully saturated rings. The van der Waals surface area contributed by atoms with Crippen LogP contribution < -0.4 is 5.32 Å². The highest BCUT2D eigenvalue weighted by atomic mass is 32.2. The maximum Gasteiger partial charge on any atom is 0.123 e. The fourth-order valence-electron chi connectivity index (χ4n) is 1.45. The summed E-state index contributed by atoms with van der Waals surface area (Å²) in [6, 6.07) is 5.50. The smallest absolute Gasteiger partial charge is 0.123 e. The summed E-state index contributed by atoms with van der Waals surface area (Å²) in [4.78, 5) is 1.19. The van der Waals surface area contributed by atoms with E-state index in [9.17, 15) is 4.39 Å². The Hall–Kier alpha value is -0.540. The molecule has 1 unspecified atom stereocenters. The Morgan fingerprint density at radius 2 is 1.83 bits per heavy atom. The lowest BCUT2D eigenvalue weighted by Crippen LogP contribution is -2.22. The van der Waals surface area contributed by atoms with E-state index in [1.54, 1.807) is 12.1 Å². The summed E-state index contributed by atoms with van der Waals surface area (Å²) in [7, 11) is 0. The number of nitrogens with one attached hydrogen (secondary N) is 1. The Kier molecular flexibility index (Phi) is 6.16. The van der Waals surface area contributed by atoms with E-state index in [2.05, 4.69) is 39.9 Å². The molecule has 0 aliphatic rings. The monoisotopic (exact) mass is 269 g/mol. The van der Waals surface area contributed by atoms with Gasteiger partial charge in [0.25, 0.3) is 0 Å². The molecule has 0 spiro atoms. The second kappa shape index (κ2) is 7.15. The standard InChI is InChI=1S/C15H24FNS/c1-10(2)12(5)18-15-7-6-14(16)8-13(15)9-17-11(3)4/h6-8,10-12,17H,9H2,1-5H3. The second-order valence-corrected chi connectivity index (χ2v) is 6.77. The van der Waals surface area contributed by atoms with Gasteiger partial charge in [-0.1, -0.05) is 34.6 Å². The lowest BCUT2D eigenvalue weighted by molar-refractivity contribution is 0.576. The van der Waals surface area contributed by atoms with Gasteiger partial charge in [0, 0.05) is 22.7 Å². The molecule has 1 aromatic carbocycles. The first kappa shape index (κ1) is 15.5. The highest BCUT2D eigenvalue weighted by Gasteiger charge is 2.12. The molecule has 0 saturated carbocycles. The summed E-state index contributed by atoms with van der Waals surface area (Å²) in [6.45, 7) is 11.6. The minimum Gasteiger partial charge on any atom is -0.310 e. The van der Waals surface area contributed by atoms with Crippen LogP contribution in [0.5, 0.6) is 0 Å². The van der Waals surface area contributed by atoms with Gasteiger partial charge in [0.1, 0.15) is 5.82 Å². The van der Waals surface area contributed by atoms with Gasteiger partial charge in [-0.2, -0.15) is 0 Å². The van der Waals surface area contributed by atoms with E-state index in [4.69, 9.17) is 0 Å². The number of thioether (sulfide) groups is 1. The van der Waals surface area contributed by atoms with Crippen LogP contribution in [-0.4, -0.2) is 11.3 Å². The van der Waals surface area contributed by atoms with Crippen molar-refractivity contribution in [3.63, 3.8) is 0 Å². The molecule has 1 aromatic rings. The lowest BCUT2D eigenvalue weighted by atomic mass is 10.1. The Bertz CT molecular complexity index is 377. The predicted octanol–water partition coefficient (Wildman–Crippen LogP) is 4.46. The Labute approximate surface area is 115 Å². The van der Waals surface area contributed by atoms with E-state index < -0.39 is 0 Å². The molecular weight excluding hydrogens is 245 g/mol. The number of rotatable bonds is 6. The molecule has 1 atom stereocenters. The molecule has 0 amide bonds. The number of halogens is 1. The molecule has 0 aromatic heterocycles. The van der Waals surface area contributed by atoms with Crippen LogP contribution in [0.3, 0.4) is 0 Å². The van der Waals surface area contributed by atoms with E-state index >= 15 is 0 Å². The molecule has 1 N–H and O–H groups in total. The van der Waals surface area contributed by atoms with Crippen molar-refractivity contribution in [1.29, 1.82) is 0 Å². The zero-order chi connectivity index (χ0) is 13.7. The molecule has 0 bridgehead atoms. The fourth-order valence-corrected chi connectivity index (χ4v) is 2.55. The van der Waals surface area contributed by atoms with Crippen molar-refractivity contribution < 1.29 is 4.39 Å². The number of benzene rings is 1. The average molecular weight is 269 g/mol. The van der Waals surface area contributed by atoms with Gasteiger partial charge in [0.2, 0.25) is 0 Å². The van der Waals surface area contributed by atoms with Crippen LogP contribution in [0.15, 0.2) is 23.1 Å². The van der Waals surface area contributed by atoms with E-state index in [0.717, 1.165) is 12.1 Å². The van der Waals surface area contributed by atoms with E-state index in [-0.39, 0.29) is 5.82 Å². The molecular formula is C15H24FNS. The van der Waals surface area contributed by atoms with Crippen LogP contribution in [0.1, 0.15) is 40.2 Å². The summed E-state index contributed by atoms with van der Waals surface area (Å²) < 4.78 is 13.3. The third-order valence-electron chi connectivity index (χ3n) is 2.97. The summed E-state index contributed by atoms with van der Waals surface area (Å²) in [5.74, 6) is 0.461. The summed E-state index contributed by atoms with van der Waals surface area (Å²) >= 11 is 1.83. The molecule has 102 valence electrons. The van der Waals surface area contributed by atoms with Crippen LogP contribution >= 0.6 is 11.8 Å². The van der Waals surface area contributed by atoms with Gasteiger partial charge < -0.3 is 5.32 Å². The van der Waals surface area contributed by atoms with Crippen molar-refractivity contribution >= 4 is 11.8 Å². The van der Waals surface area contributed by atoms with Gasteiger partial charge in [0.05, 0.1) is 0 Å². The van der Waals surface area contributed by atoms with Crippen LogP contribution in [0.2, 0.25) is 0 Å². The van der Waals surface area contributed by atoms with Crippen molar-refractivity contribution in [2.75, 3.05) is 0 Å². The van der Waals surface area contributed by atoms with Gasteiger partial charge in [-0.05, 0) is 29.7 Å². The fraction of sp³-hybridized carbons (Fsp3) is 0.600. The molecule has 0 saturated heterocycles. The summed E-state index contributed by atoms with van der Waals surface area (Å²) in [5.41, 5.74) is 1.06. The Balaban J connectivity index is 2.82. The van der Waals surface area contributed by atoms with Crippen molar-refractivity contribution in [2.45, 2.75) is 57.4 Å². The van der Waals surface area contributed by atoms with Crippen molar-refractivity contribution in [2.24, 2.45) is 5.92 Å². The highest BCUT2D eigenvalue weighted by molar-refractivity contribution is 8.00. The van der Waals surface area contributed by atoms with E-state index in [1.165, 1.54) is 4.90 Å². The molecule has 0 aliphatic carbocycles. The SMILES string of the molecule is CC(C)NCc1cc(F)ccc1SC(C)C(C)C. The predicted molar refractivity (Wildman–Crippen MR) is 78.5 cm³/mol. The summed E-state index contributed by atoms with van der Waals surface area (Å²) in [6.07, 6.45) is 0. The number of hydrogen-bond donors (Lipinski definition) is 1. The highest BCUT2D eigenvalue weighted by Crippen LogP contribution is 2.31. The second-order valence-electron chi connectivity index (χ2n) is 5.35. The van der Waals surface area contributed by atoms with Crippen molar-refractivity contribution in [3.05, 3.63) is 29.6 Å². The Morgan fingerprint density at radius 1 is 1.17 bits per heavy atom. The molecule has 18 heavy (non-hydrogen) atoms. The zero-order valence-electron chi connectivity index (χ0n) is 12.0. The molecule has 0 aliphatic heterocycles. The maximum absolute atomic E-state index is 13.3. The molecule has 1 nitrogen and oxygen atoms in total. The minimum atomic E-state index is -0.155. The third kappa shape index (κ3) is 4.99. The molecule has 0 heterocycles. The lowest BCUT2D eigenvalue weighted by Gasteiger charge is -2.18. The molecule has 3 heteroatoms.